The van der Waals surface area contributed by atoms with E-state index in [-0.39, 0.29) is 11.3 Å². The molecule has 0 radical (unpaired) electrons. The summed E-state index contributed by atoms with van der Waals surface area (Å²) in [5.74, 6) is 1.34. The van der Waals surface area contributed by atoms with Crippen molar-refractivity contribution in [2.45, 2.75) is 27.2 Å². The molecule has 0 fully saturated rings. The molecule has 4 heteroatoms. The third-order valence-electron chi connectivity index (χ3n) is 2.55. The number of methoxy groups -OCH3 is 1. The topological polar surface area (TPSA) is 68.3 Å². The summed E-state index contributed by atoms with van der Waals surface area (Å²) in [6.07, 6.45) is 0.958. The molecule has 18 heavy (non-hydrogen) atoms. The van der Waals surface area contributed by atoms with Crippen LogP contribution in [-0.4, -0.2) is 19.6 Å². The van der Waals surface area contributed by atoms with Gasteiger partial charge in [-0.05, 0) is 24.0 Å². The number of hydrogen-bond donors (Lipinski definition) is 2. The van der Waals surface area contributed by atoms with Crippen LogP contribution in [0.15, 0.2) is 18.2 Å². The predicted molar refractivity (Wildman–Crippen MR) is 73.6 cm³/mol. The van der Waals surface area contributed by atoms with Crippen molar-refractivity contribution in [3.05, 3.63) is 23.8 Å². The second-order valence-corrected chi connectivity index (χ2v) is 5.47. The molecule has 1 aromatic rings. The molecule has 0 aliphatic rings. The Morgan fingerprint density at radius 2 is 1.83 bits per heavy atom. The summed E-state index contributed by atoms with van der Waals surface area (Å²) in [5.41, 5.74) is 6.33. The number of rotatable bonds is 5. The normalized spacial score (nSPS) is 11.1. The first-order valence-electron chi connectivity index (χ1n) is 5.98. The molecule has 0 unspecified atom stereocenters. The Morgan fingerprint density at radius 3 is 2.33 bits per heavy atom. The maximum absolute atomic E-state index is 7.45. The second-order valence-electron chi connectivity index (χ2n) is 5.47. The highest BCUT2D eigenvalue weighted by Crippen LogP contribution is 2.24. The highest BCUT2D eigenvalue weighted by atomic mass is 16.5. The van der Waals surface area contributed by atoms with Gasteiger partial charge in [0.05, 0.1) is 13.7 Å². The van der Waals surface area contributed by atoms with Gasteiger partial charge in [0.15, 0.2) is 0 Å². The molecule has 0 amide bonds. The molecule has 0 saturated carbocycles. The summed E-state index contributed by atoms with van der Waals surface area (Å²) in [5, 5.41) is 7.45. The van der Waals surface area contributed by atoms with E-state index in [1.807, 2.05) is 0 Å². The Balaban J connectivity index is 2.76. The van der Waals surface area contributed by atoms with Crippen LogP contribution in [0.2, 0.25) is 0 Å². The largest absolute Gasteiger partial charge is 0.497 e. The molecule has 0 atom stereocenters. The standard InChI is InChI=1S/C14H22N2O2/c1-14(2,3)5-6-18-12-8-10(13(15)16)7-11(9-12)17-4/h7-9H,5-6H2,1-4H3,(H3,15,16). The van der Waals surface area contributed by atoms with Crippen molar-refractivity contribution in [1.82, 2.24) is 0 Å². The van der Waals surface area contributed by atoms with E-state index in [9.17, 15) is 0 Å². The van der Waals surface area contributed by atoms with E-state index in [1.54, 1.807) is 25.3 Å². The molecule has 0 bridgehead atoms. The fraction of sp³-hybridized carbons (Fsp3) is 0.500. The summed E-state index contributed by atoms with van der Waals surface area (Å²) < 4.78 is 10.8. The average Bonchev–Trinajstić information content (AvgIpc) is 2.26. The van der Waals surface area contributed by atoms with Crippen LogP contribution in [0.3, 0.4) is 0 Å². The fourth-order valence-corrected chi connectivity index (χ4v) is 1.40. The molecule has 0 spiro atoms. The Kier molecular flexibility index (Phi) is 4.59. The predicted octanol–water partition coefficient (Wildman–Crippen LogP) is 2.79. The van der Waals surface area contributed by atoms with Crippen molar-refractivity contribution in [2.75, 3.05) is 13.7 Å². The molecular weight excluding hydrogens is 228 g/mol. The molecule has 1 rings (SSSR count). The maximum Gasteiger partial charge on any atom is 0.123 e. The SMILES string of the molecule is COc1cc(OCCC(C)(C)C)cc(C(=N)N)c1. The minimum atomic E-state index is 0.00886. The minimum absolute atomic E-state index is 0.00886. The number of nitrogens with two attached hydrogens (primary N) is 1. The van der Waals surface area contributed by atoms with E-state index >= 15 is 0 Å². The van der Waals surface area contributed by atoms with Gasteiger partial charge in [0.1, 0.15) is 17.3 Å². The molecule has 0 aliphatic carbocycles. The molecule has 3 N–H and O–H groups in total. The Bertz CT molecular complexity index is 422. The zero-order valence-electron chi connectivity index (χ0n) is 11.5. The molecule has 0 aliphatic heterocycles. The number of nitrogen functional groups attached to an aromatic ring is 1. The van der Waals surface area contributed by atoms with Crippen molar-refractivity contribution in [3.8, 4) is 11.5 Å². The van der Waals surface area contributed by atoms with Gasteiger partial charge in [-0.3, -0.25) is 5.41 Å². The third kappa shape index (κ3) is 4.65. The van der Waals surface area contributed by atoms with Gasteiger partial charge >= 0.3 is 0 Å². The highest BCUT2D eigenvalue weighted by molar-refractivity contribution is 5.95. The van der Waals surface area contributed by atoms with Crippen molar-refractivity contribution in [1.29, 1.82) is 5.41 Å². The number of amidine groups is 1. The van der Waals surface area contributed by atoms with Crippen LogP contribution >= 0.6 is 0 Å². The maximum atomic E-state index is 7.45. The molecular formula is C14H22N2O2. The summed E-state index contributed by atoms with van der Waals surface area (Å²) in [6, 6.07) is 5.28. The number of ether oxygens (including phenoxy) is 2. The zero-order valence-corrected chi connectivity index (χ0v) is 11.5. The third-order valence-corrected chi connectivity index (χ3v) is 2.55. The van der Waals surface area contributed by atoms with Gasteiger partial charge in [-0.1, -0.05) is 20.8 Å². The lowest BCUT2D eigenvalue weighted by molar-refractivity contribution is 0.242. The smallest absolute Gasteiger partial charge is 0.123 e. The Labute approximate surface area is 109 Å². The fourth-order valence-electron chi connectivity index (χ4n) is 1.40. The van der Waals surface area contributed by atoms with E-state index in [2.05, 4.69) is 20.8 Å². The van der Waals surface area contributed by atoms with Crippen molar-refractivity contribution in [3.63, 3.8) is 0 Å². The van der Waals surface area contributed by atoms with E-state index in [4.69, 9.17) is 20.6 Å². The van der Waals surface area contributed by atoms with Crippen LogP contribution in [-0.2, 0) is 0 Å². The Morgan fingerprint density at radius 1 is 1.22 bits per heavy atom. The van der Waals surface area contributed by atoms with Crippen LogP contribution in [0, 0.1) is 10.8 Å². The van der Waals surface area contributed by atoms with Gasteiger partial charge in [0.2, 0.25) is 0 Å². The number of benzene rings is 1. The van der Waals surface area contributed by atoms with E-state index in [0.717, 1.165) is 6.42 Å². The second kappa shape index (κ2) is 5.76. The summed E-state index contributed by atoms with van der Waals surface area (Å²) in [7, 11) is 1.58. The van der Waals surface area contributed by atoms with Crippen LogP contribution in [0.1, 0.15) is 32.8 Å². The quantitative estimate of drug-likeness (QED) is 0.623. The van der Waals surface area contributed by atoms with Crippen LogP contribution in [0.25, 0.3) is 0 Å². The Hall–Kier alpha value is -1.71. The van der Waals surface area contributed by atoms with Gasteiger partial charge in [0, 0.05) is 11.6 Å². The van der Waals surface area contributed by atoms with E-state index in [0.29, 0.717) is 23.7 Å². The molecule has 1 aromatic carbocycles. The van der Waals surface area contributed by atoms with Gasteiger partial charge < -0.3 is 15.2 Å². The molecule has 0 saturated heterocycles. The van der Waals surface area contributed by atoms with Crippen LogP contribution in [0.4, 0.5) is 0 Å². The van der Waals surface area contributed by atoms with Gasteiger partial charge in [0.25, 0.3) is 0 Å². The average molecular weight is 250 g/mol. The van der Waals surface area contributed by atoms with Crippen molar-refractivity contribution in [2.24, 2.45) is 11.1 Å². The van der Waals surface area contributed by atoms with Crippen LogP contribution < -0.4 is 15.2 Å². The highest BCUT2D eigenvalue weighted by Gasteiger charge is 2.11. The summed E-state index contributed by atoms with van der Waals surface area (Å²) in [4.78, 5) is 0. The van der Waals surface area contributed by atoms with Crippen molar-refractivity contribution >= 4 is 5.84 Å². The summed E-state index contributed by atoms with van der Waals surface area (Å²) in [6.45, 7) is 7.14. The van der Waals surface area contributed by atoms with Gasteiger partial charge in [-0.15, -0.1) is 0 Å². The van der Waals surface area contributed by atoms with Crippen molar-refractivity contribution < 1.29 is 9.47 Å². The molecule has 100 valence electrons. The zero-order chi connectivity index (χ0) is 13.8. The lowest BCUT2D eigenvalue weighted by atomic mass is 9.93. The number of hydrogen-bond acceptors (Lipinski definition) is 3. The molecule has 0 heterocycles. The first-order valence-corrected chi connectivity index (χ1v) is 5.98. The first kappa shape index (κ1) is 14.4. The summed E-state index contributed by atoms with van der Waals surface area (Å²) >= 11 is 0. The van der Waals surface area contributed by atoms with Crippen LogP contribution in [0.5, 0.6) is 11.5 Å². The first-order chi connectivity index (χ1) is 8.31. The van der Waals surface area contributed by atoms with E-state index in [1.165, 1.54) is 0 Å². The lowest BCUT2D eigenvalue weighted by Gasteiger charge is -2.18. The molecule has 4 nitrogen and oxygen atoms in total. The van der Waals surface area contributed by atoms with Gasteiger partial charge in [-0.2, -0.15) is 0 Å². The monoisotopic (exact) mass is 250 g/mol. The van der Waals surface area contributed by atoms with E-state index < -0.39 is 0 Å². The number of nitrogens with one attached hydrogen (secondary N) is 1. The molecule has 0 aromatic heterocycles. The van der Waals surface area contributed by atoms with Gasteiger partial charge in [-0.25, -0.2) is 0 Å². The lowest BCUT2D eigenvalue weighted by Crippen LogP contribution is -2.13. The minimum Gasteiger partial charge on any atom is -0.497 e.